The molecule has 1 aromatic carbocycles. The van der Waals surface area contributed by atoms with E-state index in [-0.39, 0.29) is 0 Å². The van der Waals surface area contributed by atoms with Gasteiger partial charge in [0.15, 0.2) is 0 Å². The van der Waals surface area contributed by atoms with E-state index in [9.17, 15) is 0 Å². The second kappa shape index (κ2) is 8.40. The lowest BCUT2D eigenvalue weighted by molar-refractivity contribution is 0.185. The first-order valence-electron chi connectivity index (χ1n) is 7.77. The van der Waals surface area contributed by atoms with Crippen LogP contribution in [0.5, 0.6) is 0 Å². The molecule has 0 spiro atoms. The summed E-state index contributed by atoms with van der Waals surface area (Å²) in [6.07, 6.45) is 5.59. The van der Waals surface area contributed by atoms with Crippen molar-refractivity contribution in [2.45, 2.75) is 44.9 Å². The fraction of sp³-hybridized carbons (Fsp3) is 0.647. The maximum Gasteiger partial charge on any atom is 0.0713 e. The van der Waals surface area contributed by atoms with Crippen molar-refractivity contribution in [1.82, 2.24) is 10.2 Å². The van der Waals surface area contributed by atoms with E-state index in [0.29, 0.717) is 6.61 Å². The van der Waals surface area contributed by atoms with Crippen molar-refractivity contribution in [3.8, 4) is 0 Å². The van der Waals surface area contributed by atoms with Crippen molar-refractivity contribution >= 4 is 0 Å². The quantitative estimate of drug-likeness (QED) is 0.739. The van der Waals surface area contributed by atoms with Gasteiger partial charge in [0.1, 0.15) is 0 Å². The molecule has 0 saturated heterocycles. The van der Waals surface area contributed by atoms with Crippen molar-refractivity contribution in [1.29, 1.82) is 0 Å². The number of hydrogen-bond donors (Lipinski definition) is 1. The molecule has 3 nitrogen and oxygen atoms in total. The van der Waals surface area contributed by atoms with Crippen LogP contribution in [0.25, 0.3) is 0 Å². The van der Waals surface area contributed by atoms with Crippen LogP contribution in [-0.4, -0.2) is 38.2 Å². The highest BCUT2D eigenvalue weighted by atomic mass is 16.5. The average molecular weight is 276 g/mol. The third kappa shape index (κ3) is 4.89. The average Bonchev–Trinajstić information content (AvgIpc) is 2.98. The van der Waals surface area contributed by atoms with Gasteiger partial charge in [-0.05, 0) is 31.0 Å². The van der Waals surface area contributed by atoms with E-state index in [4.69, 9.17) is 4.74 Å². The molecule has 1 fully saturated rings. The largest absolute Gasteiger partial charge is 0.380 e. The predicted octanol–water partition coefficient (Wildman–Crippen LogP) is 2.80. The molecule has 1 aromatic rings. The molecule has 1 saturated carbocycles. The second-order valence-electron chi connectivity index (χ2n) is 5.85. The first kappa shape index (κ1) is 15.5. The van der Waals surface area contributed by atoms with E-state index < -0.39 is 0 Å². The molecule has 0 amide bonds. The minimum atomic E-state index is 0.693. The summed E-state index contributed by atoms with van der Waals surface area (Å²) in [5.74, 6) is 0. The molecule has 0 aromatic heterocycles. The lowest BCUT2D eigenvalue weighted by Crippen LogP contribution is -2.35. The highest BCUT2D eigenvalue weighted by molar-refractivity contribution is 5.22. The topological polar surface area (TPSA) is 24.5 Å². The molecule has 20 heavy (non-hydrogen) atoms. The Labute approximate surface area is 123 Å². The Hall–Kier alpha value is -0.900. The molecule has 0 unspecified atom stereocenters. The van der Waals surface area contributed by atoms with Crippen LogP contribution < -0.4 is 5.32 Å². The summed E-state index contributed by atoms with van der Waals surface area (Å²) < 4.78 is 5.17. The van der Waals surface area contributed by atoms with E-state index in [1.54, 1.807) is 7.11 Å². The summed E-state index contributed by atoms with van der Waals surface area (Å²) in [7, 11) is 4.00. The van der Waals surface area contributed by atoms with E-state index >= 15 is 0 Å². The first-order chi connectivity index (χ1) is 9.79. The Bertz CT molecular complexity index is 388. The van der Waals surface area contributed by atoms with Gasteiger partial charge in [0.2, 0.25) is 0 Å². The van der Waals surface area contributed by atoms with Gasteiger partial charge in [0.25, 0.3) is 0 Å². The van der Waals surface area contributed by atoms with Crippen LogP contribution in [-0.2, 0) is 17.9 Å². The Morgan fingerprint density at radius 2 is 2.00 bits per heavy atom. The SMILES string of the molecule is COCc1cccc(CNCCN(C)C2CCCC2)c1. The second-order valence-corrected chi connectivity index (χ2v) is 5.85. The molecule has 2 rings (SSSR count). The molecule has 1 N–H and O–H groups in total. The van der Waals surface area contributed by atoms with Crippen molar-refractivity contribution in [3.05, 3.63) is 35.4 Å². The minimum Gasteiger partial charge on any atom is -0.380 e. The lowest BCUT2D eigenvalue weighted by atomic mass is 10.1. The van der Waals surface area contributed by atoms with E-state index in [0.717, 1.165) is 25.7 Å². The van der Waals surface area contributed by atoms with Crippen LogP contribution in [0.4, 0.5) is 0 Å². The van der Waals surface area contributed by atoms with Gasteiger partial charge in [-0.2, -0.15) is 0 Å². The maximum absolute atomic E-state index is 5.17. The normalized spacial score (nSPS) is 16.1. The molecule has 0 radical (unpaired) electrons. The van der Waals surface area contributed by atoms with Crippen LogP contribution in [0.2, 0.25) is 0 Å². The summed E-state index contributed by atoms with van der Waals surface area (Å²) >= 11 is 0. The van der Waals surface area contributed by atoms with Gasteiger partial charge in [-0.15, -0.1) is 0 Å². The smallest absolute Gasteiger partial charge is 0.0713 e. The highest BCUT2D eigenvalue weighted by Gasteiger charge is 2.18. The van der Waals surface area contributed by atoms with E-state index in [2.05, 4.69) is 41.5 Å². The monoisotopic (exact) mass is 276 g/mol. The summed E-state index contributed by atoms with van der Waals surface area (Å²) in [5, 5.41) is 3.54. The number of rotatable bonds is 8. The zero-order chi connectivity index (χ0) is 14.2. The van der Waals surface area contributed by atoms with E-state index in [1.807, 2.05) is 0 Å². The van der Waals surface area contributed by atoms with Gasteiger partial charge in [0, 0.05) is 32.8 Å². The first-order valence-corrected chi connectivity index (χ1v) is 7.77. The van der Waals surface area contributed by atoms with Crippen molar-refractivity contribution in [3.63, 3.8) is 0 Å². The van der Waals surface area contributed by atoms with Gasteiger partial charge in [-0.25, -0.2) is 0 Å². The number of likely N-dealkylation sites (N-methyl/N-ethyl adjacent to an activating group) is 1. The van der Waals surface area contributed by atoms with Gasteiger partial charge in [0.05, 0.1) is 6.61 Å². The Morgan fingerprint density at radius 1 is 1.25 bits per heavy atom. The van der Waals surface area contributed by atoms with E-state index in [1.165, 1.54) is 36.8 Å². The molecular formula is C17H28N2O. The number of nitrogens with zero attached hydrogens (tertiary/aromatic N) is 1. The standard InChI is InChI=1S/C17H28N2O/c1-19(17-8-3-4-9-17)11-10-18-13-15-6-5-7-16(12-15)14-20-2/h5-7,12,17-18H,3-4,8-11,13-14H2,1-2H3. The minimum absolute atomic E-state index is 0.693. The maximum atomic E-state index is 5.17. The summed E-state index contributed by atoms with van der Waals surface area (Å²) in [4.78, 5) is 2.52. The summed E-state index contributed by atoms with van der Waals surface area (Å²) in [5.41, 5.74) is 2.58. The Balaban J connectivity index is 1.66. The van der Waals surface area contributed by atoms with Crippen molar-refractivity contribution in [2.75, 3.05) is 27.2 Å². The number of benzene rings is 1. The fourth-order valence-corrected chi connectivity index (χ4v) is 3.01. The molecule has 3 heteroatoms. The number of nitrogens with one attached hydrogen (secondary N) is 1. The molecule has 1 aliphatic rings. The van der Waals surface area contributed by atoms with Crippen molar-refractivity contribution in [2.24, 2.45) is 0 Å². The van der Waals surface area contributed by atoms with Gasteiger partial charge in [-0.3, -0.25) is 0 Å². The predicted molar refractivity (Wildman–Crippen MR) is 83.7 cm³/mol. The highest BCUT2D eigenvalue weighted by Crippen LogP contribution is 2.21. The number of ether oxygens (including phenoxy) is 1. The fourth-order valence-electron chi connectivity index (χ4n) is 3.01. The molecular weight excluding hydrogens is 248 g/mol. The van der Waals surface area contributed by atoms with Gasteiger partial charge >= 0.3 is 0 Å². The molecule has 0 atom stereocenters. The van der Waals surface area contributed by atoms with Crippen LogP contribution in [0.1, 0.15) is 36.8 Å². The zero-order valence-electron chi connectivity index (χ0n) is 12.9. The third-order valence-electron chi connectivity index (χ3n) is 4.22. The summed E-state index contributed by atoms with van der Waals surface area (Å²) in [6.45, 7) is 3.83. The van der Waals surface area contributed by atoms with Crippen LogP contribution >= 0.6 is 0 Å². The molecule has 0 bridgehead atoms. The Kier molecular flexibility index (Phi) is 6.51. The molecule has 112 valence electrons. The van der Waals surface area contributed by atoms with Crippen LogP contribution in [0, 0.1) is 0 Å². The zero-order valence-corrected chi connectivity index (χ0v) is 12.9. The Morgan fingerprint density at radius 3 is 2.75 bits per heavy atom. The number of methoxy groups -OCH3 is 1. The molecule has 0 heterocycles. The van der Waals surface area contributed by atoms with Gasteiger partial charge < -0.3 is 15.0 Å². The molecule has 1 aliphatic carbocycles. The van der Waals surface area contributed by atoms with Gasteiger partial charge in [-0.1, -0.05) is 37.1 Å². The third-order valence-corrected chi connectivity index (χ3v) is 4.22. The summed E-state index contributed by atoms with van der Waals surface area (Å²) in [6, 6.07) is 9.43. The van der Waals surface area contributed by atoms with Crippen LogP contribution in [0.15, 0.2) is 24.3 Å². The van der Waals surface area contributed by atoms with Crippen molar-refractivity contribution < 1.29 is 4.74 Å². The molecule has 0 aliphatic heterocycles. The lowest BCUT2D eigenvalue weighted by Gasteiger charge is -2.24. The van der Waals surface area contributed by atoms with Crippen LogP contribution in [0.3, 0.4) is 0 Å². The number of hydrogen-bond acceptors (Lipinski definition) is 3.